The minimum Gasteiger partial charge on any atom is -0.361 e. The van der Waals surface area contributed by atoms with Crippen molar-refractivity contribution in [2.24, 2.45) is 0 Å². The molecule has 0 aliphatic heterocycles. The SMILES string of the molecule is CCn1ccnc(NCc2cnc(C)s2)c1=O. The third kappa shape index (κ3) is 2.71. The molecule has 0 aliphatic rings. The van der Waals surface area contributed by atoms with E-state index < -0.39 is 0 Å². The van der Waals surface area contributed by atoms with E-state index in [0.29, 0.717) is 18.9 Å². The highest BCUT2D eigenvalue weighted by atomic mass is 32.1. The zero-order valence-corrected chi connectivity index (χ0v) is 10.6. The lowest BCUT2D eigenvalue weighted by Crippen LogP contribution is -2.23. The van der Waals surface area contributed by atoms with Gasteiger partial charge < -0.3 is 9.88 Å². The van der Waals surface area contributed by atoms with Crippen LogP contribution in [0.5, 0.6) is 0 Å². The maximum Gasteiger partial charge on any atom is 0.293 e. The Kier molecular flexibility index (Phi) is 3.53. The lowest BCUT2D eigenvalue weighted by Gasteiger charge is -2.05. The molecule has 5 nitrogen and oxygen atoms in total. The van der Waals surface area contributed by atoms with Gasteiger partial charge in [-0.1, -0.05) is 0 Å². The largest absolute Gasteiger partial charge is 0.361 e. The highest BCUT2D eigenvalue weighted by Gasteiger charge is 2.04. The number of anilines is 1. The molecule has 17 heavy (non-hydrogen) atoms. The van der Waals surface area contributed by atoms with Gasteiger partial charge in [0.2, 0.25) is 0 Å². The minimum atomic E-state index is -0.0868. The van der Waals surface area contributed by atoms with E-state index in [9.17, 15) is 4.79 Å². The predicted molar refractivity (Wildman–Crippen MR) is 68.3 cm³/mol. The molecular weight excluding hydrogens is 236 g/mol. The molecular formula is C11H14N4OS. The Bertz CT molecular complexity index is 561. The molecule has 0 fully saturated rings. The van der Waals surface area contributed by atoms with Gasteiger partial charge in [-0.15, -0.1) is 11.3 Å². The topological polar surface area (TPSA) is 59.8 Å². The highest BCUT2D eigenvalue weighted by Crippen LogP contribution is 2.12. The van der Waals surface area contributed by atoms with Crippen LogP contribution in [0, 0.1) is 6.92 Å². The Hall–Kier alpha value is -1.69. The molecule has 0 aliphatic carbocycles. The van der Waals surface area contributed by atoms with Crippen LogP contribution in [0.3, 0.4) is 0 Å². The number of aryl methyl sites for hydroxylation is 2. The number of hydrogen-bond acceptors (Lipinski definition) is 5. The first-order valence-electron chi connectivity index (χ1n) is 5.41. The first kappa shape index (κ1) is 11.8. The second-order valence-electron chi connectivity index (χ2n) is 3.57. The zero-order chi connectivity index (χ0) is 12.3. The minimum absolute atomic E-state index is 0.0868. The Balaban J connectivity index is 2.11. The summed E-state index contributed by atoms with van der Waals surface area (Å²) in [6.07, 6.45) is 5.13. The van der Waals surface area contributed by atoms with Crippen molar-refractivity contribution in [2.45, 2.75) is 26.9 Å². The molecule has 0 unspecified atom stereocenters. The van der Waals surface area contributed by atoms with Gasteiger partial charge in [0.1, 0.15) is 0 Å². The molecule has 6 heteroatoms. The van der Waals surface area contributed by atoms with E-state index in [-0.39, 0.29) is 5.56 Å². The molecule has 2 heterocycles. The van der Waals surface area contributed by atoms with E-state index in [0.717, 1.165) is 9.88 Å². The van der Waals surface area contributed by atoms with E-state index in [1.807, 2.05) is 20.0 Å². The van der Waals surface area contributed by atoms with Crippen molar-refractivity contribution in [3.8, 4) is 0 Å². The lowest BCUT2D eigenvalue weighted by atomic mass is 10.5. The summed E-state index contributed by atoms with van der Waals surface area (Å²) >= 11 is 1.61. The summed E-state index contributed by atoms with van der Waals surface area (Å²) in [5.41, 5.74) is -0.0868. The van der Waals surface area contributed by atoms with E-state index in [2.05, 4.69) is 15.3 Å². The quantitative estimate of drug-likeness (QED) is 0.896. The van der Waals surface area contributed by atoms with Crippen molar-refractivity contribution < 1.29 is 0 Å². The summed E-state index contributed by atoms with van der Waals surface area (Å²) in [6.45, 7) is 5.12. The highest BCUT2D eigenvalue weighted by molar-refractivity contribution is 7.11. The van der Waals surface area contributed by atoms with Crippen LogP contribution in [0.25, 0.3) is 0 Å². The summed E-state index contributed by atoms with van der Waals surface area (Å²) in [4.78, 5) is 21.2. The molecule has 0 aromatic carbocycles. The fraction of sp³-hybridized carbons (Fsp3) is 0.364. The van der Waals surface area contributed by atoms with Crippen LogP contribution in [0.1, 0.15) is 16.8 Å². The van der Waals surface area contributed by atoms with Crippen LogP contribution in [-0.4, -0.2) is 14.5 Å². The Morgan fingerprint density at radius 2 is 2.29 bits per heavy atom. The average molecular weight is 250 g/mol. The molecule has 0 spiro atoms. The van der Waals surface area contributed by atoms with Crippen molar-refractivity contribution >= 4 is 17.2 Å². The molecule has 2 aromatic rings. The summed E-state index contributed by atoms with van der Waals surface area (Å²) in [6, 6.07) is 0. The normalized spacial score (nSPS) is 10.5. The molecule has 2 rings (SSSR count). The standard InChI is InChI=1S/C11H14N4OS/c1-3-15-5-4-12-10(11(15)16)14-7-9-6-13-8(2)17-9/h4-6H,3,7H2,1-2H3,(H,12,14). The van der Waals surface area contributed by atoms with E-state index in [1.165, 1.54) is 0 Å². The predicted octanol–water partition coefficient (Wildman–Crippen LogP) is 1.64. The number of thiazole rings is 1. The summed E-state index contributed by atoms with van der Waals surface area (Å²) in [5, 5.41) is 4.07. The van der Waals surface area contributed by atoms with Gasteiger partial charge in [-0.3, -0.25) is 4.79 Å². The van der Waals surface area contributed by atoms with Gasteiger partial charge in [0, 0.05) is 30.0 Å². The molecule has 0 saturated heterocycles. The van der Waals surface area contributed by atoms with E-state index in [1.54, 1.807) is 28.3 Å². The second kappa shape index (κ2) is 5.09. The molecule has 0 saturated carbocycles. The first-order chi connectivity index (χ1) is 8.20. The molecule has 90 valence electrons. The fourth-order valence-corrected chi connectivity index (χ4v) is 2.21. The van der Waals surface area contributed by atoms with Crippen molar-refractivity contribution in [3.63, 3.8) is 0 Å². The van der Waals surface area contributed by atoms with Crippen LogP contribution >= 0.6 is 11.3 Å². The smallest absolute Gasteiger partial charge is 0.293 e. The Morgan fingerprint density at radius 3 is 2.94 bits per heavy atom. The van der Waals surface area contributed by atoms with Crippen molar-refractivity contribution in [3.05, 3.63) is 38.8 Å². The number of nitrogens with zero attached hydrogens (tertiary/aromatic N) is 3. The zero-order valence-electron chi connectivity index (χ0n) is 9.80. The van der Waals surface area contributed by atoms with Gasteiger partial charge in [0.25, 0.3) is 5.56 Å². The second-order valence-corrected chi connectivity index (χ2v) is 4.89. The molecule has 1 N–H and O–H groups in total. The summed E-state index contributed by atoms with van der Waals surface area (Å²) in [5.74, 6) is 0.389. The van der Waals surface area contributed by atoms with Crippen molar-refractivity contribution in [2.75, 3.05) is 5.32 Å². The van der Waals surface area contributed by atoms with Crippen LogP contribution in [0.2, 0.25) is 0 Å². The molecule has 0 amide bonds. The third-order valence-corrected chi connectivity index (χ3v) is 3.27. The molecule has 0 atom stereocenters. The van der Waals surface area contributed by atoms with Crippen LogP contribution in [0.15, 0.2) is 23.4 Å². The number of hydrogen-bond donors (Lipinski definition) is 1. The van der Waals surface area contributed by atoms with Crippen molar-refractivity contribution in [1.82, 2.24) is 14.5 Å². The third-order valence-electron chi connectivity index (χ3n) is 2.35. The van der Waals surface area contributed by atoms with E-state index >= 15 is 0 Å². The van der Waals surface area contributed by atoms with Gasteiger partial charge in [0.05, 0.1) is 11.6 Å². The van der Waals surface area contributed by atoms with Gasteiger partial charge >= 0.3 is 0 Å². The first-order valence-corrected chi connectivity index (χ1v) is 6.23. The Labute approximate surface area is 103 Å². The molecule has 0 radical (unpaired) electrons. The van der Waals surface area contributed by atoms with Crippen LogP contribution in [0.4, 0.5) is 5.82 Å². The number of aromatic nitrogens is 3. The fourth-order valence-electron chi connectivity index (χ4n) is 1.48. The monoisotopic (exact) mass is 250 g/mol. The van der Waals surface area contributed by atoms with Gasteiger partial charge in [-0.05, 0) is 13.8 Å². The lowest BCUT2D eigenvalue weighted by molar-refractivity contribution is 0.718. The van der Waals surface area contributed by atoms with E-state index in [4.69, 9.17) is 0 Å². The summed E-state index contributed by atoms with van der Waals surface area (Å²) < 4.78 is 1.62. The number of rotatable bonds is 4. The molecule has 0 bridgehead atoms. The number of nitrogens with one attached hydrogen (secondary N) is 1. The molecule has 2 aromatic heterocycles. The maximum atomic E-state index is 11.9. The Morgan fingerprint density at radius 1 is 1.47 bits per heavy atom. The average Bonchev–Trinajstić information content (AvgIpc) is 2.74. The van der Waals surface area contributed by atoms with Gasteiger partial charge in [0.15, 0.2) is 5.82 Å². The van der Waals surface area contributed by atoms with Gasteiger partial charge in [-0.25, -0.2) is 9.97 Å². The maximum absolute atomic E-state index is 11.9. The summed E-state index contributed by atoms with van der Waals surface area (Å²) in [7, 11) is 0. The van der Waals surface area contributed by atoms with Crippen LogP contribution in [-0.2, 0) is 13.1 Å². The van der Waals surface area contributed by atoms with Crippen LogP contribution < -0.4 is 10.9 Å². The van der Waals surface area contributed by atoms with Crippen molar-refractivity contribution in [1.29, 1.82) is 0 Å². The van der Waals surface area contributed by atoms with Gasteiger partial charge in [-0.2, -0.15) is 0 Å².